The number of nitrogens with zero attached hydrogens (tertiary/aromatic N) is 2. The van der Waals surface area contributed by atoms with Crippen molar-refractivity contribution in [2.75, 3.05) is 27.1 Å². The lowest BCUT2D eigenvalue weighted by Gasteiger charge is -2.20. The van der Waals surface area contributed by atoms with Gasteiger partial charge in [-0.15, -0.1) is 0 Å². The van der Waals surface area contributed by atoms with Crippen molar-refractivity contribution in [2.45, 2.75) is 31.5 Å². The van der Waals surface area contributed by atoms with Crippen molar-refractivity contribution < 1.29 is 28.1 Å². The van der Waals surface area contributed by atoms with E-state index in [0.717, 1.165) is 11.8 Å². The number of aromatic nitrogens is 2. The fraction of sp³-hybridized carbons (Fsp3) is 0.348. The molecule has 2 aromatic carbocycles. The van der Waals surface area contributed by atoms with E-state index in [4.69, 9.17) is 18.9 Å². The molecule has 0 bridgehead atoms. The first kappa shape index (κ1) is 24.4. The van der Waals surface area contributed by atoms with Crippen LogP contribution in [0.4, 0.5) is 4.39 Å². The Morgan fingerprint density at radius 2 is 1.70 bits per heavy atom. The number of carbonyl (C=O) groups is 1. The second-order valence-electron chi connectivity index (χ2n) is 7.93. The first-order chi connectivity index (χ1) is 15.6. The molecule has 33 heavy (non-hydrogen) atoms. The Hall–Kier alpha value is -3.27. The molecule has 0 saturated heterocycles. The maximum atomic E-state index is 13.6. The molecule has 0 radical (unpaired) electrons. The van der Waals surface area contributed by atoms with Crippen LogP contribution in [0.5, 0.6) is 17.2 Å². The second kappa shape index (κ2) is 9.70. The number of fused-ring (bicyclic) bond motifs is 1. The quantitative estimate of drug-likeness (QED) is 0.287. The zero-order valence-electron chi connectivity index (χ0n) is 19.2. The summed E-state index contributed by atoms with van der Waals surface area (Å²) in [5.74, 6) is -0.216. The van der Waals surface area contributed by atoms with Crippen molar-refractivity contribution in [3.63, 3.8) is 0 Å². The first-order valence-corrected chi connectivity index (χ1v) is 10.9. The second-order valence-corrected chi connectivity index (χ2v) is 8.87. The van der Waals surface area contributed by atoms with Crippen LogP contribution in [0.2, 0.25) is 0 Å². The lowest BCUT2D eigenvalue weighted by molar-refractivity contribution is -0.151. The van der Waals surface area contributed by atoms with E-state index in [-0.39, 0.29) is 33.3 Å². The molecular weight excluding hydrogens is 451 g/mol. The van der Waals surface area contributed by atoms with E-state index in [9.17, 15) is 14.0 Å². The number of esters is 1. The highest BCUT2D eigenvalue weighted by molar-refractivity contribution is 7.99. The van der Waals surface area contributed by atoms with E-state index in [1.54, 1.807) is 20.8 Å². The van der Waals surface area contributed by atoms with Crippen LogP contribution in [-0.4, -0.2) is 48.2 Å². The minimum atomic E-state index is -0.655. The largest absolute Gasteiger partial charge is 0.493 e. The smallest absolute Gasteiger partial charge is 0.316 e. The normalized spacial score (nSPS) is 11.4. The van der Waals surface area contributed by atoms with Gasteiger partial charge in [-0.3, -0.25) is 14.2 Å². The van der Waals surface area contributed by atoms with Gasteiger partial charge in [-0.25, -0.2) is 9.37 Å². The van der Waals surface area contributed by atoms with Gasteiger partial charge in [-0.05, 0) is 51.1 Å². The molecule has 0 saturated carbocycles. The van der Waals surface area contributed by atoms with Crippen molar-refractivity contribution in [1.82, 2.24) is 9.55 Å². The zero-order valence-corrected chi connectivity index (χ0v) is 20.0. The van der Waals surface area contributed by atoms with Gasteiger partial charge in [0, 0.05) is 0 Å². The molecule has 0 aliphatic carbocycles. The minimum absolute atomic E-state index is 0.0913. The number of rotatable bonds is 7. The maximum Gasteiger partial charge on any atom is 0.316 e. The number of benzene rings is 2. The fourth-order valence-electron chi connectivity index (χ4n) is 3.18. The number of ether oxygens (including phenoxy) is 4. The van der Waals surface area contributed by atoms with Crippen molar-refractivity contribution in [1.29, 1.82) is 0 Å². The molecule has 0 aliphatic rings. The Kier molecular flexibility index (Phi) is 7.16. The molecule has 8 nitrogen and oxygen atoms in total. The molecule has 0 unspecified atom stereocenters. The molecule has 0 fully saturated rings. The van der Waals surface area contributed by atoms with Gasteiger partial charge in [-0.1, -0.05) is 11.8 Å². The molecule has 3 rings (SSSR count). The van der Waals surface area contributed by atoms with Crippen molar-refractivity contribution >= 4 is 28.6 Å². The third-order valence-electron chi connectivity index (χ3n) is 4.46. The Morgan fingerprint density at radius 1 is 1.06 bits per heavy atom. The SMILES string of the molecule is COc1cc2c(=O)n(-c3ccc(F)cc3)c(SCC(=O)OC(C)(C)C)nc2c(OC)c1OC. The Labute approximate surface area is 194 Å². The monoisotopic (exact) mass is 476 g/mol. The van der Waals surface area contributed by atoms with Crippen LogP contribution < -0.4 is 19.8 Å². The molecule has 3 aromatic rings. The summed E-state index contributed by atoms with van der Waals surface area (Å²) in [4.78, 5) is 30.5. The van der Waals surface area contributed by atoms with Crippen LogP contribution in [0, 0.1) is 5.82 Å². The highest BCUT2D eigenvalue weighted by Crippen LogP contribution is 2.42. The first-order valence-electron chi connectivity index (χ1n) is 9.96. The Balaban J connectivity index is 2.25. The number of hydrogen-bond donors (Lipinski definition) is 0. The molecule has 10 heteroatoms. The number of hydrogen-bond acceptors (Lipinski definition) is 8. The average molecular weight is 477 g/mol. The average Bonchev–Trinajstić information content (AvgIpc) is 2.76. The number of carbonyl (C=O) groups excluding carboxylic acids is 1. The van der Waals surface area contributed by atoms with Crippen LogP contribution in [0.3, 0.4) is 0 Å². The van der Waals surface area contributed by atoms with Crippen molar-refractivity contribution in [3.8, 4) is 22.9 Å². The zero-order chi connectivity index (χ0) is 24.3. The summed E-state index contributed by atoms with van der Waals surface area (Å²) in [5.41, 5.74) is -0.475. The summed E-state index contributed by atoms with van der Waals surface area (Å²) in [6.07, 6.45) is 0. The molecule has 0 aliphatic heterocycles. The minimum Gasteiger partial charge on any atom is -0.493 e. The van der Waals surface area contributed by atoms with Gasteiger partial charge in [-0.2, -0.15) is 0 Å². The van der Waals surface area contributed by atoms with Gasteiger partial charge in [0.2, 0.25) is 5.75 Å². The van der Waals surface area contributed by atoms with E-state index >= 15 is 0 Å². The predicted octanol–water partition coefficient (Wildman–Crippen LogP) is 3.98. The molecule has 0 amide bonds. The molecule has 176 valence electrons. The lowest BCUT2D eigenvalue weighted by Crippen LogP contribution is -2.26. The summed E-state index contributed by atoms with van der Waals surface area (Å²) >= 11 is 1.02. The van der Waals surface area contributed by atoms with Gasteiger partial charge in [0.25, 0.3) is 5.56 Å². The van der Waals surface area contributed by atoms with Crippen LogP contribution in [0.1, 0.15) is 20.8 Å². The standard InChI is InChI=1S/C23H25FN2O6S/c1-23(2,3)32-17(27)12-33-22-25-18-15(11-16(29-4)19(30-5)20(18)31-6)21(28)26(22)14-9-7-13(24)8-10-14/h7-11H,12H2,1-6H3. The van der Waals surface area contributed by atoms with Crippen LogP contribution in [0.25, 0.3) is 16.6 Å². The van der Waals surface area contributed by atoms with E-state index in [1.165, 1.54) is 56.2 Å². The van der Waals surface area contributed by atoms with Gasteiger partial charge in [0.05, 0.1) is 38.2 Å². The van der Waals surface area contributed by atoms with Crippen LogP contribution in [-0.2, 0) is 9.53 Å². The fourth-order valence-corrected chi connectivity index (χ4v) is 3.96. The summed E-state index contributed by atoms with van der Waals surface area (Å²) in [6.45, 7) is 5.30. The molecule has 1 aromatic heterocycles. The molecule has 0 atom stereocenters. The van der Waals surface area contributed by atoms with Crippen LogP contribution >= 0.6 is 11.8 Å². The van der Waals surface area contributed by atoms with Gasteiger partial charge >= 0.3 is 5.97 Å². The van der Waals surface area contributed by atoms with Gasteiger partial charge in [0.15, 0.2) is 16.7 Å². The van der Waals surface area contributed by atoms with Crippen molar-refractivity contribution in [3.05, 3.63) is 46.5 Å². The maximum absolute atomic E-state index is 13.6. The molecule has 0 spiro atoms. The lowest BCUT2D eigenvalue weighted by atomic mass is 10.2. The Bertz CT molecular complexity index is 1240. The molecular formula is C23H25FN2O6S. The summed E-state index contributed by atoms with van der Waals surface area (Å²) in [7, 11) is 4.32. The van der Waals surface area contributed by atoms with E-state index in [1.807, 2.05) is 0 Å². The number of halogens is 1. The van der Waals surface area contributed by atoms with Gasteiger partial charge in [0.1, 0.15) is 16.9 Å². The van der Waals surface area contributed by atoms with Crippen molar-refractivity contribution in [2.24, 2.45) is 0 Å². The Morgan fingerprint density at radius 3 is 2.24 bits per heavy atom. The van der Waals surface area contributed by atoms with E-state index in [0.29, 0.717) is 11.4 Å². The summed E-state index contributed by atoms with van der Waals surface area (Å²) in [6, 6.07) is 6.90. The predicted molar refractivity (Wildman–Crippen MR) is 124 cm³/mol. The van der Waals surface area contributed by atoms with E-state index < -0.39 is 22.9 Å². The number of methoxy groups -OCH3 is 3. The molecule has 0 N–H and O–H groups in total. The third-order valence-corrected chi connectivity index (χ3v) is 5.37. The third kappa shape index (κ3) is 5.22. The number of thioether (sulfide) groups is 1. The highest BCUT2D eigenvalue weighted by atomic mass is 32.2. The summed E-state index contributed by atoms with van der Waals surface area (Å²) in [5, 5.41) is 0.408. The van der Waals surface area contributed by atoms with E-state index in [2.05, 4.69) is 4.98 Å². The highest BCUT2D eigenvalue weighted by Gasteiger charge is 2.24. The summed E-state index contributed by atoms with van der Waals surface area (Å²) < 4.78 is 36.5. The topological polar surface area (TPSA) is 88.9 Å². The van der Waals surface area contributed by atoms with Crippen LogP contribution in [0.15, 0.2) is 40.3 Å². The van der Waals surface area contributed by atoms with Gasteiger partial charge < -0.3 is 18.9 Å². The molecule has 1 heterocycles.